The number of aliphatic hydroxyl groups is 1. The van der Waals surface area contributed by atoms with E-state index in [0.717, 1.165) is 19.3 Å². The fourth-order valence-electron chi connectivity index (χ4n) is 5.56. The number of benzene rings is 1. The van der Waals surface area contributed by atoms with Gasteiger partial charge in [0.1, 0.15) is 5.82 Å². The summed E-state index contributed by atoms with van der Waals surface area (Å²) in [5.41, 5.74) is 0.572. The van der Waals surface area contributed by atoms with Gasteiger partial charge in [-0.15, -0.1) is 0 Å². The van der Waals surface area contributed by atoms with E-state index in [-0.39, 0.29) is 41.7 Å². The first-order chi connectivity index (χ1) is 15.5. The number of carbonyl (C=O) groups excluding carboxylic acids is 2. The van der Waals surface area contributed by atoms with Crippen molar-refractivity contribution in [1.82, 2.24) is 9.47 Å². The molecule has 168 valence electrons. The maximum Gasteiger partial charge on any atom is 0.311 e. The Bertz CT molecular complexity index is 1140. The minimum Gasteiger partial charge on any atom is -0.469 e. The standard InChI is InChI=1S/C24H25FN2O5/c1-32-24(31)20-16(12-28)19-11-26-18(21(20)27(19)22(29)13-5-4-6-13)10-9-15(23(26)30)14-7-2-3-8-17(14)25/h2-3,7-10,13,16,19-21,28H,4-6,11-12H2,1H3/t16-,19-,20+,21+/m0/s1. The third-order valence-corrected chi connectivity index (χ3v) is 7.39. The molecular weight excluding hydrogens is 415 g/mol. The van der Waals surface area contributed by atoms with Gasteiger partial charge in [0.2, 0.25) is 5.91 Å². The van der Waals surface area contributed by atoms with Crippen molar-refractivity contribution in [3.63, 3.8) is 0 Å². The molecule has 1 N–H and O–H groups in total. The van der Waals surface area contributed by atoms with Crippen molar-refractivity contribution in [3.8, 4) is 11.1 Å². The van der Waals surface area contributed by atoms with Gasteiger partial charge in [-0.3, -0.25) is 14.4 Å². The third-order valence-electron chi connectivity index (χ3n) is 7.39. The Labute approximate surface area is 184 Å². The van der Waals surface area contributed by atoms with E-state index in [1.54, 1.807) is 35.2 Å². The van der Waals surface area contributed by atoms with Crippen molar-refractivity contribution >= 4 is 11.9 Å². The number of carbonyl (C=O) groups is 2. The summed E-state index contributed by atoms with van der Waals surface area (Å²) in [5.74, 6) is -2.45. The van der Waals surface area contributed by atoms with Crippen molar-refractivity contribution in [2.75, 3.05) is 13.7 Å². The molecule has 1 aromatic heterocycles. The highest BCUT2D eigenvalue weighted by Crippen LogP contribution is 2.50. The molecule has 1 aliphatic carbocycles. The van der Waals surface area contributed by atoms with Crippen LogP contribution in [0.1, 0.15) is 31.0 Å². The first-order valence-corrected chi connectivity index (χ1v) is 11.0. The SMILES string of the molecule is COC(=O)[C@@H]1[C@@H](CO)[C@@H]2Cn3c(ccc(-c4ccccc4F)c3=O)[C@H]1N2C(=O)C1CCC1. The lowest BCUT2D eigenvalue weighted by molar-refractivity contribution is -0.149. The van der Waals surface area contributed by atoms with E-state index in [9.17, 15) is 23.9 Å². The fraction of sp³-hybridized carbons (Fsp3) is 0.458. The Morgan fingerprint density at radius 1 is 1.16 bits per heavy atom. The summed E-state index contributed by atoms with van der Waals surface area (Å²) in [7, 11) is 1.28. The van der Waals surface area contributed by atoms with Gasteiger partial charge >= 0.3 is 5.97 Å². The van der Waals surface area contributed by atoms with Gasteiger partial charge in [0, 0.05) is 36.2 Å². The molecule has 0 unspecified atom stereocenters. The van der Waals surface area contributed by atoms with E-state index >= 15 is 0 Å². The maximum atomic E-state index is 14.4. The van der Waals surface area contributed by atoms with Crippen molar-refractivity contribution in [2.24, 2.45) is 17.8 Å². The molecule has 32 heavy (non-hydrogen) atoms. The van der Waals surface area contributed by atoms with Gasteiger partial charge in [-0.25, -0.2) is 4.39 Å². The van der Waals surface area contributed by atoms with E-state index in [4.69, 9.17) is 4.74 Å². The highest BCUT2D eigenvalue weighted by Gasteiger charge is 2.58. The number of rotatable bonds is 4. The smallest absolute Gasteiger partial charge is 0.311 e. The summed E-state index contributed by atoms with van der Waals surface area (Å²) in [5, 5.41) is 10.2. The predicted molar refractivity (Wildman–Crippen MR) is 113 cm³/mol. The van der Waals surface area contributed by atoms with Crippen molar-refractivity contribution in [2.45, 2.75) is 37.9 Å². The zero-order valence-electron chi connectivity index (χ0n) is 17.7. The van der Waals surface area contributed by atoms with E-state index in [0.29, 0.717) is 5.69 Å². The van der Waals surface area contributed by atoms with Crippen LogP contribution in [0, 0.1) is 23.6 Å². The van der Waals surface area contributed by atoms with E-state index in [1.807, 2.05) is 0 Å². The molecule has 2 fully saturated rings. The Kier molecular flexibility index (Phi) is 5.12. The molecule has 0 spiro atoms. The minimum atomic E-state index is -0.772. The van der Waals surface area contributed by atoms with Gasteiger partial charge in [0.15, 0.2) is 0 Å². The first-order valence-electron chi connectivity index (χ1n) is 11.0. The lowest BCUT2D eigenvalue weighted by Crippen LogP contribution is -2.51. The molecule has 3 heterocycles. The first kappa shape index (κ1) is 20.9. The molecule has 5 rings (SSSR count). The average molecular weight is 440 g/mol. The number of nitrogens with zero attached hydrogens (tertiary/aromatic N) is 2. The molecule has 3 aliphatic rings. The van der Waals surface area contributed by atoms with Crippen molar-refractivity contribution < 1.29 is 23.8 Å². The number of hydrogen-bond acceptors (Lipinski definition) is 5. The Hall–Kier alpha value is -3.00. The lowest BCUT2D eigenvalue weighted by atomic mass is 9.83. The molecule has 4 atom stereocenters. The van der Waals surface area contributed by atoms with Crippen LogP contribution in [0.15, 0.2) is 41.2 Å². The van der Waals surface area contributed by atoms with Gasteiger partial charge < -0.3 is 19.3 Å². The zero-order valence-corrected chi connectivity index (χ0v) is 17.7. The van der Waals surface area contributed by atoms with Crippen molar-refractivity contribution in [3.05, 3.63) is 58.3 Å². The molecule has 0 radical (unpaired) electrons. The number of pyridine rings is 1. The largest absolute Gasteiger partial charge is 0.469 e. The van der Waals surface area contributed by atoms with Crippen LogP contribution in [0.3, 0.4) is 0 Å². The van der Waals surface area contributed by atoms with E-state index in [1.165, 1.54) is 17.7 Å². The van der Waals surface area contributed by atoms with E-state index < -0.39 is 35.7 Å². The normalized spacial score (nSPS) is 26.4. The Balaban J connectivity index is 1.66. The molecule has 1 aromatic carbocycles. The monoisotopic (exact) mass is 440 g/mol. The van der Waals surface area contributed by atoms with Crippen LogP contribution in [0.2, 0.25) is 0 Å². The molecule has 2 aromatic rings. The van der Waals surface area contributed by atoms with Gasteiger partial charge in [-0.2, -0.15) is 0 Å². The number of fused-ring (bicyclic) bond motifs is 4. The summed E-state index contributed by atoms with van der Waals surface area (Å²) in [4.78, 5) is 41.2. The molecule has 1 saturated heterocycles. The summed E-state index contributed by atoms with van der Waals surface area (Å²) in [6.45, 7) is -0.164. The second-order valence-electron chi connectivity index (χ2n) is 8.85. The van der Waals surface area contributed by atoms with Crippen LogP contribution >= 0.6 is 0 Å². The van der Waals surface area contributed by atoms with Crippen molar-refractivity contribution in [1.29, 1.82) is 0 Å². The van der Waals surface area contributed by atoms with Crippen LogP contribution < -0.4 is 5.56 Å². The van der Waals surface area contributed by atoms with Crippen LogP contribution in [0.25, 0.3) is 11.1 Å². The van der Waals surface area contributed by atoms with Gasteiger partial charge in [0.05, 0.1) is 30.7 Å². The van der Waals surface area contributed by atoms with Crippen LogP contribution in [0.5, 0.6) is 0 Å². The topological polar surface area (TPSA) is 88.8 Å². The number of hydrogen-bond donors (Lipinski definition) is 1. The zero-order chi connectivity index (χ0) is 22.6. The van der Waals surface area contributed by atoms with Crippen LogP contribution in [0.4, 0.5) is 4.39 Å². The number of methoxy groups -OCH3 is 1. The summed E-state index contributed by atoms with van der Waals surface area (Å²) >= 11 is 0. The fourth-order valence-corrected chi connectivity index (χ4v) is 5.56. The number of halogens is 1. The highest BCUT2D eigenvalue weighted by molar-refractivity contribution is 5.84. The quantitative estimate of drug-likeness (QED) is 0.736. The Morgan fingerprint density at radius 2 is 1.91 bits per heavy atom. The Morgan fingerprint density at radius 3 is 2.53 bits per heavy atom. The number of aliphatic hydroxyl groups excluding tert-OH is 1. The predicted octanol–water partition coefficient (Wildman–Crippen LogP) is 2.12. The molecular formula is C24H25FN2O5. The second kappa shape index (κ2) is 7.85. The summed E-state index contributed by atoms with van der Waals surface area (Å²) in [6.07, 6.45) is 2.60. The lowest BCUT2D eigenvalue weighted by Gasteiger charge is -2.41. The van der Waals surface area contributed by atoms with Crippen LogP contribution in [-0.4, -0.2) is 46.2 Å². The van der Waals surface area contributed by atoms with Gasteiger partial charge in [0.25, 0.3) is 5.56 Å². The molecule has 2 bridgehead atoms. The number of esters is 1. The second-order valence-corrected chi connectivity index (χ2v) is 8.85. The average Bonchev–Trinajstić information content (AvgIpc) is 3.00. The summed E-state index contributed by atoms with van der Waals surface area (Å²) < 4.78 is 21.0. The van der Waals surface area contributed by atoms with Gasteiger partial charge in [-0.05, 0) is 31.0 Å². The summed E-state index contributed by atoms with van der Waals surface area (Å²) in [6, 6.07) is 8.12. The third kappa shape index (κ3) is 2.92. The molecule has 2 aliphatic heterocycles. The van der Waals surface area contributed by atoms with Gasteiger partial charge in [-0.1, -0.05) is 24.6 Å². The maximum absolute atomic E-state index is 14.4. The number of amides is 1. The molecule has 1 amide bonds. The van der Waals surface area contributed by atoms with Crippen LogP contribution in [-0.2, 0) is 20.9 Å². The minimum absolute atomic E-state index is 0.0343. The molecule has 1 saturated carbocycles. The highest BCUT2D eigenvalue weighted by atomic mass is 19.1. The van der Waals surface area contributed by atoms with E-state index in [2.05, 4.69) is 0 Å². The number of aromatic nitrogens is 1. The number of ether oxygens (including phenoxy) is 1. The molecule has 8 heteroatoms. The molecule has 7 nitrogen and oxygen atoms in total.